The zero-order valence-electron chi connectivity index (χ0n) is 7.00. The van der Waals surface area contributed by atoms with Gasteiger partial charge in [0.05, 0.1) is 12.4 Å². The number of ketones is 1. The predicted molar refractivity (Wildman–Crippen MR) is 39.7 cm³/mol. The fourth-order valence-electron chi connectivity index (χ4n) is 0.466. The van der Waals surface area contributed by atoms with E-state index in [4.69, 9.17) is 11.6 Å². The van der Waals surface area contributed by atoms with Crippen molar-refractivity contribution in [1.82, 2.24) is 5.32 Å². The first-order valence-electron chi connectivity index (χ1n) is 3.43. The smallest absolute Gasteiger partial charge is 0.343 e. The number of amides is 1. The van der Waals surface area contributed by atoms with Crippen LogP contribution in [0.4, 0.5) is 22.0 Å². The van der Waals surface area contributed by atoms with E-state index in [2.05, 4.69) is 0 Å². The lowest BCUT2D eigenvalue weighted by Gasteiger charge is -2.18. The Hall–Kier alpha value is -0.920. The summed E-state index contributed by atoms with van der Waals surface area (Å²) in [5, 5.41) is 1.14. The molecule has 0 spiro atoms. The van der Waals surface area contributed by atoms with Crippen LogP contribution < -0.4 is 5.32 Å². The minimum absolute atomic E-state index is 0.585. The molecule has 0 aromatic rings. The minimum Gasteiger partial charge on any atom is -0.343 e. The maximum Gasteiger partial charge on any atom is 0.463 e. The van der Waals surface area contributed by atoms with E-state index in [0.29, 0.717) is 0 Å². The minimum atomic E-state index is -5.99. The number of alkyl halides is 6. The van der Waals surface area contributed by atoms with E-state index in [1.165, 1.54) is 0 Å². The summed E-state index contributed by atoms with van der Waals surface area (Å²) in [6.45, 7) is -0.964. The number of rotatable bonds is 4. The van der Waals surface area contributed by atoms with Crippen molar-refractivity contribution in [2.45, 2.75) is 12.1 Å². The first-order chi connectivity index (χ1) is 6.63. The van der Waals surface area contributed by atoms with Crippen LogP contribution in [0.2, 0.25) is 0 Å². The summed E-state index contributed by atoms with van der Waals surface area (Å²) < 4.78 is 59.1. The molecule has 0 radical (unpaired) electrons. The van der Waals surface area contributed by atoms with Gasteiger partial charge in [0, 0.05) is 0 Å². The lowest BCUT2D eigenvalue weighted by molar-refractivity contribution is -0.269. The van der Waals surface area contributed by atoms with Gasteiger partial charge in [-0.2, -0.15) is 22.0 Å². The Balaban J connectivity index is 4.40. The molecule has 88 valence electrons. The highest BCUT2D eigenvalue weighted by molar-refractivity contribution is 6.28. The molecule has 0 rings (SSSR count). The van der Waals surface area contributed by atoms with Crippen LogP contribution in [0, 0.1) is 0 Å². The molecule has 9 heteroatoms. The fraction of sp³-hybridized carbons (Fsp3) is 0.667. The maximum absolute atomic E-state index is 12.2. The van der Waals surface area contributed by atoms with Crippen LogP contribution >= 0.6 is 11.6 Å². The van der Waals surface area contributed by atoms with Gasteiger partial charge in [-0.1, -0.05) is 0 Å². The molecule has 0 heterocycles. The Bertz CT molecular complexity index is 265. The van der Waals surface area contributed by atoms with Gasteiger partial charge in [-0.15, -0.1) is 11.6 Å². The van der Waals surface area contributed by atoms with Gasteiger partial charge in [0.2, 0.25) is 0 Å². The van der Waals surface area contributed by atoms with Gasteiger partial charge in [-0.05, 0) is 0 Å². The van der Waals surface area contributed by atoms with Crippen molar-refractivity contribution >= 4 is 23.3 Å². The normalized spacial score (nSPS) is 12.4. The lowest BCUT2D eigenvalue weighted by atomic mass is 10.3. The van der Waals surface area contributed by atoms with E-state index in [1.807, 2.05) is 0 Å². The Morgan fingerprint density at radius 3 is 1.93 bits per heavy atom. The third-order valence-electron chi connectivity index (χ3n) is 1.24. The van der Waals surface area contributed by atoms with E-state index in [0.717, 1.165) is 5.32 Å². The molecule has 1 amide bonds. The molecule has 0 fully saturated rings. The average Bonchev–Trinajstić information content (AvgIpc) is 2.11. The predicted octanol–water partition coefficient (Wildman–Crippen LogP) is 1.11. The van der Waals surface area contributed by atoms with Gasteiger partial charge in [0.15, 0.2) is 5.78 Å². The molecule has 0 unspecified atom stereocenters. The second-order valence-corrected chi connectivity index (χ2v) is 2.69. The SMILES string of the molecule is O=C(CCl)CNC(=O)C(F)(F)C(F)(F)F. The second kappa shape index (κ2) is 4.73. The van der Waals surface area contributed by atoms with Crippen molar-refractivity contribution in [3.05, 3.63) is 0 Å². The Kier molecular flexibility index (Phi) is 4.44. The van der Waals surface area contributed by atoms with Crippen LogP contribution in [-0.4, -0.2) is 36.2 Å². The van der Waals surface area contributed by atoms with Crippen molar-refractivity contribution in [2.75, 3.05) is 12.4 Å². The maximum atomic E-state index is 12.2. The van der Waals surface area contributed by atoms with Crippen LogP contribution in [0.25, 0.3) is 0 Å². The Morgan fingerprint density at radius 1 is 1.13 bits per heavy atom. The van der Waals surface area contributed by atoms with Gasteiger partial charge < -0.3 is 5.32 Å². The number of hydrogen-bond donors (Lipinski definition) is 1. The Morgan fingerprint density at radius 2 is 1.60 bits per heavy atom. The first kappa shape index (κ1) is 14.1. The topological polar surface area (TPSA) is 46.2 Å². The standard InChI is InChI=1S/C6H5ClF5NO2/c7-1-3(14)2-13-4(15)5(8,9)6(10,11)12/h1-2H2,(H,13,15). The molecule has 1 N–H and O–H groups in total. The number of nitrogens with one attached hydrogen (secondary N) is 1. The summed E-state index contributed by atoms with van der Waals surface area (Å²) in [6, 6.07) is 0. The summed E-state index contributed by atoms with van der Waals surface area (Å²) in [5.41, 5.74) is 0. The van der Waals surface area contributed by atoms with Crippen LogP contribution in [0.5, 0.6) is 0 Å². The molecule has 0 aliphatic heterocycles. The van der Waals surface area contributed by atoms with E-state index in [-0.39, 0.29) is 0 Å². The van der Waals surface area contributed by atoms with Crippen LogP contribution in [0.1, 0.15) is 0 Å². The van der Waals surface area contributed by atoms with Crippen LogP contribution in [-0.2, 0) is 9.59 Å². The van der Waals surface area contributed by atoms with Crippen molar-refractivity contribution in [3.63, 3.8) is 0 Å². The summed E-state index contributed by atoms with van der Waals surface area (Å²) in [6.07, 6.45) is -5.99. The average molecular weight is 254 g/mol. The van der Waals surface area contributed by atoms with E-state index < -0.39 is 36.2 Å². The number of halogens is 6. The Labute approximate surface area is 85.6 Å². The highest BCUT2D eigenvalue weighted by Gasteiger charge is 2.63. The van der Waals surface area contributed by atoms with Crippen molar-refractivity contribution in [3.8, 4) is 0 Å². The molecule has 0 aliphatic rings. The van der Waals surface area contributed by atoms with E-state index in [1.54, 1.807) is 0 Å². The highest BCUT2D eigenvalue weighted by Crippen LogP contribution is 2.35. The summed E-state index contributed by atoms with van der Waals surface area (Å²) >= 11 is 4.93. The van der Waals surface area contributed by atoms with E-state index in [9.17, 15) is 31.5 Å². The zero-order valence-corrected chi connectivity index (χ0v) is 7.75. The quantitative estimate of drug-likeness (QED) is 0.603. The molecule has 0 atom stereocenters. The third kappa shape index (κ3) is 3.61. The largest absolute Gasteiger partial charge is 0.463 e. The molecule has 0 aromatic carbocycles. The molecule has 0 saturated carbocycles. The van der Waals surface area contributed by atoms with Crippen molar-refractivity contribution in [2.24, 2.45) is 0 Å². The van der Waals surface area contributed by atoms with Gasteiger partial charge in [0.1, 0.15) is 0 Å². The molecular weight excluding hydrogens is 249 g/mol. The van der Waals surface area contributed by atoms with Gasteiger partial charge in [-0.3, -0.25) is 9.59 Å². The monoisotopic (exact) mass is 253 g/mol. The van der Waals surface area contributed by atoms with Gasteiger partial charge >= 0.3 is 18.0 Å². The molecular formula is C6H5ClF5NO2. The highest BCUT2D eigenvalue weighted by atomic mass is 35.5. The molecule has 0 aromatic heterocycles. The lowest BCUT2D eigenvalue weighted by Crippen LogP contribution is -2.51. The molecule has 3 nitrogen and oxygen atoms in total. The molecule has 0 saturated heterocycles. The molecule has 0 aliphatic carbocycles. The van der Waals surface area contributed by atoms with Crippen LogP contribution in [0.3, 0.4) is 0 Å². The summed E-state index contributed by atoms with van der Waals surface area (Å²) in [5.74, 6) is -9.55. The van der Waals surface area contributed by atoms with E-state index >= 15 is 0 Å². The van der Waals surface area contributed by atoms with Gasteiger partial charge in [-0.25, -0.2) is 0 Å². The van der Waals surface area contributed by atoms with Crippen molar-refractivity contribution < 1.29 is 31.5 Å². The summed E-state index contributed by atoms with van der Waals surface area (Å²) in [7, 11) is 0. The summed E-state index contributed by atoms with van der Waals surface area (Å²) in [4.78, 5) is 20.8. The van der Waals surface area contributed by atoms with Crippen molar-refractivity contribution in [1.29, 1.82) is 0 Å². The zero-order chi connectivity index (χ0) is 12.3. The second-order valence-electron chi connectivity index (χ2n) is 2.43. The van der Waals surface area contributed by atoms with Gasteiger partial charge in [0.25, 0.3) is 0 Å². The molecule has 15 heavy (non-hydrogen) atoms. The first-order valence-corrected chi connectivity index (χ1v) is 3.97. The van der Waals surface area contributed by atoms with Crippen LogP contribution in [0.15, 0.2) is 0 Å². The fourth-order valence-corrected chi connectivity index (χ4v) is 0.560. The third-order valence-corrected chi connectivity index (χ3v) is 1.53. The molecule has 0 bridgehead atoms. The number of carbonyl (C=O) groups is 2. The number of hydrogen-bond acceptors (Lipinski definition) is 2. The number of carbonyl (C=O) groups excluding carboxylic acids is 2. The number of Topliss-reactive ketones (excluding diaryl/α,β-unsaturated/α-hetero) is 1.